The largest absolute Gasteiger partial charge is 0.316 e. The van der Waals surface area contributed by atoms with Crippen LogP contribution in [0.3, 0.4) is 0 Å². The lowest BCUT2D eigenvalue weighted by Crippen LogP contribution is -2.40. The van der Waals surface area contributed by atoms with Crippen molar-refractivity contribution in [1.82, 2.24) is 9.13 Å². The smallest absolute Gasteiger partial charge is 0.306 e. The van der Waals surface area contributed by atoms with E-state index in [1.165, 1.54) is 9.13 Å². The molecule has 4 heteroatoms. The lowest BCUT2D eigenvalue weighted by molar-refractivity contribution is 0.673. The van der Waals surface area contributed by atoms with Crippen molar-refractivity contribution in [2.24, 2.45) is 0 Å². The van der Waals surface area contributed by atoms with Crippen LogP contribution in [0.4, 0.5) is 0 Å². The third-order valence-electron chi connectivity index (χ3n) is 2.65. The van der Waals surface area contributed by atoms with Crippen molar-refractivity contribution in [1.29, 1.82) is 0 Å². The van der Waals surface area contributed by atoms with Crippen LogP contribution in [0.2, 0.25) is 0 Å². The summed E-state index contributed by atoms with van der Waals surface area (Å²) in [4.78, 5) is 23.6. The van der Waals surface area contributed by atoms with Gasteiger partial charge in [0.05, 0.1) is 6.54 Å². The standard InChI is InChI=1S/C14H14N2O2/c1-2-8-15-9-10-16(14(18)13(15)17)11-12-6-4-3-5-7-12/h2-7,9-10H,1,8,11H2. The molecule has 0 bridgehead atoms. The maximum Gasteiger partial charge on any atom is 0.316 e. The maximum absolute atomic E-state index is 11.9. The minimum atomic E-state index is -0.520. The molecule has 0 saturated carbocycles. The van der Waals surface area contributed by atoms with Crippen molar-refractivity contribution in [2.75, 3.05) is 0 Å². The van der Waals surface area contributed by atoms with Gasteiger partial charge in [-0.05, 0) is 5.56 Å². The molecule has 2 rings (SSSR count). The highest BCUT2D eigenvalue weighted by molar-refractivity contribution is 5.15. The topological polar surface area (TPSA) is 44.0 Å². The second-order valence-corrected chi connectivity index (χ2v) is 3.96. The Bertz CT molecular complexity index is 653. The fraction of sp³-hybridized carbons (Fsp3) is 0.143. The first-order valence-corrected chi connectivity index (χ1v) is 5.67. The average Bonchev–Trinajstić information content (AvgIpc) is 2.40. The molecule has 0 saturated heterocycles. The summed E-state index contributed by atoms with van der Waals surface area (Å²) in [5, 5.41) is 0. The Morgan fingerprint density at radius 3 is 2.28 bits per heavy atom. The number of rotatable bonds is 4. The van der Waals surface area contributed by atoms with E-state index in [2.05, 4.69) is 6.58 Å². The van der Waals surface area contributed by atoms with Crippen LogP contribution in [0.15, 0.2) is 65.0 Å². The summed E-state index contributed by atoms with van der Waals surface area (Å²) in [6.45, 7) is 4.30. The summed E-state index contributed by atoms with van der Waals surface area (Å²) in [5.41, 5.74) is -0.0444. The fourth-order valence-electron chi connectivity index (χ4n) is 1.73. The zero-order valence-corrected chi connectivity index (χ0v) is 9.95. The van der Waals surface area contributed by atoms with Gasteiger partial charge in [0, 0.05) is 18.9 Å². The maximum atomic E-state index is 11.9. The lowest BCUT2D eigenvalue weighted by Gasteiger charge is -2.07. The Morgan fingerprint density at radius 2 is 1.61 bits per heavy atom. The molecule has 1 heterocycles. The van der Waals surface area contributed by atoms with Crippen LogP contribution in [0.1, 0.15) is 5.56 Å². The molecule has 0 aliphatic heterocycles. The number of aromatic nitrogens is 2. The van der Waals surface area contributed by atoms with Gasteiger partial charge in [0.2, 0.25) is 0 Å². The Morgan fingerprint density at radius 1 is 1.00 bits per heavy atom. The average molecular weight is 242 g/mol. The molecule has 0 unspecified atom stereocenters. The summed E-state index contributed by atoms with van der Waals surface area (Å²) < 4.78 is 2.76. The fourth-order valence-corrected chi connectivity index (χ4v) is 1.73. The third-order valence-corrected chi connectivity index (χ3v) is 2.65. The van der Waals surface area contributed by atoms with Crippen LogP contribution >= 0.6 is 0 Å². The molecule has 0 amide bonds. The molecular weight excluding hydrogens is 228 g/mol. The molecule has 1 aromatic carbocycles. The van der Waals surface area contributed by atoms with Gasteiger partial charge in [0.25, 0.3) is 0 Å². The van der Waals surface area contributed by atoms with E-state index in [9.17, 15) is 9.59 Å². The first-order valence-electron chi connectivity index (χ1n) is 5.67. The highest BCUT2D eigenvalue weighted by Gasteiger charge is 2.04. The van der Waals surface area contributed by atoms with E-state index in [-0.39, 0.29) is 0 Å². The minimum absolute atomic E-state index is 0.347. The van der Waals surface area contributed by atoms with E-state index < -0.39 is 11.1 Å². The van der Waals surface area contributed by atoms with Gasteiger partial charge >= 0.3 is 11.1 Å². The molecule has 4 nitrogen and oxygen atoms in total. The van der Waals surface area contributed by atoms with E-state index in [1.807, 2.05) is 30.3 Å². The number of hydrogen-bond donors (Lipinski definition) is 0. The molecule has 0 radical (unpaired) electrons. The molecule has 92 valence electrons. The predicted octanol–water partition coefficient (Wildman–Crippen LogP) is 1.24. The molecule has 0 spiro atoms. The van der Waals surface area contributed by atoms with Gasteiger partial charge in [-0.1, -0.05) is 36.4 Å². The van der Waals surface area contributed by atoms with Crippen molar-refractivity contribution >= 4 is 0 Å². The van der Waals surface area contributed by atoms with E-state index >= 15 is 0 Å². The summed E-state index contributed by atoms with van der Waals surface area (Å²) in [5.74, 6) is 0. The van der Waals surface area contributed by atoms with Crippen LogP contribution in [-0.2, 0) is 13.1 Å². The summed E-state index contributed by atoms with van der Waals surface area (Å²) in [6, 6.07) is 9.55. The van der Waals surface area contributed by atoms with Crippen molar-refractivity contribution < 1.29 is 0 Å². The number of benzene rings is 1. The van der Waals surface area contributed by atoms with E-state index in [0.29, 0.717) is 13.1 Å². The van der Waals surface area contributed by atoms with E-state index in [0.717, 1.165) is 5.56 Å². The van der Waals surface area contributed by atoms with Crippen molar-refractivity contribution in [2.45, 2.75) is 13.1 Å². The number of nitrogens with zero attached hydrogens (tertiary/aromatic N) is 2. The Balaban J connectivity index is 2.36. The highest BCUT2D eigenvalue weighted by atomic mass is 16.2. The van der Waals surface area contributed by atoms with Crippen molar-refractivity contribution in [3.8, 4) is 0 Å². The first kappa shape index (κ1) is 12.1. The molecular formula is C14H14N2O2. The zero-order valence-electron chi connectivity index (χ0n) is 9.95. The van der Waals surface area contributed by atoms with Crippen LogP contribution < -0.4 is 11.1 Å². The van der Waals surface area contributed by atoms with Gasteiger partial charge < -0.3 is 9.13 Å². The van der Waals surface area contributed by atoms with E-state index in [4.69, 9.17) is 0 Å². The molecule has 1 aromatic heterocycles. The summed E-state index contributed by atoms with van der Waals surface area (Å²) in [7, 11) is 0. The SMILES string of the molecule is C=CCn1ccn(Cc2ccccc2)c(=O)c1=O. The Labute approximate surface area is 104 Å². The molecule has 2 aromatic rings. The molecule has 0 aliphatic rings. The highest BCUT2D eigenvalue weighted by Crippen LogP contribution is 1.99. The zero-order chi connectivity index (χ0) is 13.0. The number of hydrogen-bond acceptors (Lipinski definition) is 2. The predicted molar refractivity (Wildman–Crippen MR) is 70.7 cm³/mol. The monoisotopic (exact) mass is 242 g/mol. The molecule has 0 aliphatic carbocycles. The number of allylic oxidation sites excluding steroid dienone is 1. The molecule has 0 N–H and O–H groups in total. The molecule has 0 fully saturated rings. The third kappa shape index (κ3) is 2.48. The summed E-state index contributed by atoms with van der Waals surface area (Å²) >= 11 is 0. The summed E-state index contributed by atoms with van der Waals surface area (Å²) in [6.07, 6.45) is 4.82. The van der Waals surface area contributed by atoms with Crippen LogP contribution in [0.5, 0.6) is 0 Å². The van der Waals surface area contributed by atoms with Crippen molar-refractivity contribution in [3.63, 3.8) is 0 Å². The van der Waals surface area contributed by atoms with Gasteiger partial charge in [0.15, 0.2) is 0 Å². The van der Waals surface area contributed by atoms with Gasteiger partial charge in [-0.15, -0.1) is 6.58 Å². The van der Waals surface area contributed by atoms with Gasteiger partial charge in [0.1, 0.15) is 0 Å². The van der Waals surface area contributed by atoms with Crippen molar-refractivity contribution in [3.05, 3.63) is 81.7 Å². The normalized spacial score (nSPS) is 10.2. The second-order valence-electron chi connectivity index (χ2n) is 3.96. The molecule has 0 atom stereocenters. The first-order chi connectivity index (χ1) is 8.72. The van der Waals surface area contributed by atoms with Gasteiger partial charge in [-0.25, -0.2) is 0 Å². The Kier molecular flexibility index (Phi) is 3.57. The van der Waals surface area contributed by atoms with Gasteiger partial charge in [-0.3, -0.25) is 9.59 Å². The quantitative estimate of drug-likeness (QED) is 0.598. The van der Waals surface area contributed by atoms with E-state index in [1.54, 1.807) is 18.5 Å². The van der Waals surface area contributed by atoms with Gasteiger partial charge in [-0.2, -0.15) is 0 Å². The molecule has 18 heavy (non-hydrogen) atoms. The minimum Gasteiger partial charge on any atom is -0.306 e. The van der Waals surface area contributed by atoms with Crippen LogP contribution in [0.25, 0.3) is 0 Å². The van der Waals surface area contributed by atoms with Crippen LogP contribution in [0, 0.1) is 0 Å². The second kappa shape index (κ2) is 5.31. The Hall–Kier alpha value is -2.36. The van der Waals surface area contributed by atoms with Crippen LogP contribution in [-0.4, -0.2) is 9.13 Å². The lowest BCUT2D eigenvalue weighted by atomic mass is 10.2.